The maximum absolute atomic E-state index is 13.2. The molecule has 5 rings (SSSR count). The van der Waals surface area contributed by atoms with Crippen molar-refractivity contribution in [1.29, 1.82) is 0 Å². The normalized spacial score (nSPS) is 13.3. The minimum absolute atomic E-state index is 0.0168. The van der Waals surface area contributed by atoms with Gasteiger partial charge in [-0.1, -0.05) is 36.4 Å². The van der Waals surface area contributed by atoms with Crippen LogP contribution in [0, 0.1) is 6.92 Å². The molecule has 0 saturated carbocycles. The van der Waals surface area contributed by atoms with E-state index in [9.17, 15) is 22.8 Å². The van der Waals surface area contributed by atoms with Crippen LogP contribution < -0.4 is 10.6 Å². The second-order valence-corrected chi connectivity index (χ2v) is 10.2. The zero-order chi connectivity index (χ0) is 25.4. The van der Waals surface area contributed by atoms with E-state index in [4.69, 9.17) is 0 Å². The van der Waals surface area contributed by atoms with Crippen LogP contribution in [0.5, 0.6) is 0 Å². The Labute approximate surface area is 207 Å². The number of para-hydroxylation sites is 1. The summed E-state index contributed by atoms with van der Waals surface area (Å²) in [6.45, 7) is 1.91. The van der Waals surface area contributed by atoms with Gasteiger partial charge < -0.3 is 10.6 Å². The van der Waals surface area contributed by atoms with Crippen LogP contribution in [0.1, 0.15) is 42.2 Å². The number of benzene rings is 4. The van der Waals surface area contributed by atoms with Crippen molar-refractivity contribution in [2.45, 2.75) is 16.7 Å². The number of sulfone groups is 1. The summed E-state index contributed by atoms with van der Waals surface area (Å²) in [6, 6.07) is 23.8. The molecule has 0 bridgehead atoms. The number of nitrogens with one attached hydrogen (secondary N) is 2. The van der Waals surface area contributed by atoms with Crippen molar-refractivity contribution in [3.8, 4) is 0 Å². The molecule has 36 heavy (non-hydrogen) atoms. The Morgan fingerprint density at radius 2 is 1.42 bits per heavy atom. The van der Waals surface area contributed by atoms with Crippen molar-refractivity contribution >= 4 is 38.8 Å². The maximum Gasteiger partial charge on any atom is 0.257 e. The predicted molar refractivity (Wildman–Crippen MR) is 135 cm³/mol. The second-order valence-electron chi connectivity index (χ2n) is 8.36. The summed E-state index contributed by atoms with van der Waals surface area (Å²) in [5, 5.41) is 5.50. The number of fused-ring (bicyclic) bond motifs is 2. The van der Waals surface area contributed by atoms with E-state index in [2.05, 4.69) is 10.6 Å². The number of amides is 2. The highest BCUT2D eigenvalue weighted by Crippen LogP contribution is 2.35. The Hall–Kier alpha value is -4.56. The van der Waals surface area contributed by atoms with Crippen molar-refractivity contribution in [3.63, 3.8) is 0 Å². The van der Waals surface area contributed by atoms with Gasteiger partial charge in [0.15, 0.2) is 5.78 Å². The third-order valence-corrected chi connectivity index (χ3v) is 7.75. The quantitative estimate of drug-likeness (QED) is 0.369. The van der Waals surface area contributed by atoms with E-state index >= 15 is 0 Å². The van der Waals surface area contributed by atoms with Crippen LogP contribution in [0.15, 0.2) is 101 Å². The lowest BCUT2D eigenvalue weighted by molar-refractivity contribution is 0.101. The van der Waals surface area contributed by atoms with Crippen LogP contribution in [0.4, 0.5) is 11.4 Å². The maximum atomic E-state index is 13.2. The average Bonchev–Trinajstić information content (AvgIpc) is 2.87. The minimum Gasteiger partial charge on any atom is -0.322 e. The fourth-order valence-corrected chi connectivity index (χ4v) is 5.81. The van der Waals surface area contributed by atoms with Gasteiger partial charge in [0.1, 0.15) is 0 Å². The van der Waals surface area contributed by atoms with Crippen LogP contribution in [0.2, 0.25) is 0 Å². The van der Waals surface area contributed by atoms with Crippen molar-refractivity contribution in [1.82, 2.24) is 0 Å². The zero-order valence-corrected chi connectivity index (χ0v) is 19.9. The largest absolute Gasteiger partial charge is 0.322 e. The van der Waals surface area contributed by atoms with Gasteiger partial charge in [0.05, 0.1) is 21.0 Å². The molecular weight excluding hydrogens is 476 g/mol. The SMILES string of the molecule is Cc1cccc(NC(=O)c2ccccc2NC(=O)c2ccc3c(c2)S(=O)(=O)c2ccccc2C3=O)c1. The fourth-order valence-electron chi connectivity index (χ4n) is 4.13. The highest BCUT2D eigenvalue weighted by atomic mass is 32.2. The first-order chi connectivity index (χ1) is 17.3. The first-order valence-corrected chi connectivity index (χ1v) is 12.6. The molecule has 1 heterocycles. The number of ketones is 1. The highest BCUT2D eigenvalue weighted by Gasteiger charge is 2.35. The minimum atomic E-state index is -3.99. The Morgan fingerprint density at radius 3 is 2.22 bits per heavy atom. The van der Waals surface area contributed by atoms with Crippen molar-refractivity contribution < 1.29 is 22.8 Å². The van der Waals surface area contributed by atoms with Crippen LogP contribution in [-0.4, -0.2) is 26.0 Å². The number of anilines is 2. The van der Waals surface area contributed by atoms with Crippen molar-refractivity contribution in [3.05, 3.63) is 119 Å². The van der Waals surface area contributed by atoms with Gasteiger partial charge in [-0.25, -0.2) is 8.42 Å². The van der Waals surface area contributed by atoms with Crippen LogP contribution in [-0.2, 0) is 9.84 Å². The van der Waals surface area contributed by atoms with Gasteiger partial charge in [0, 0.05) is 22.4 Å². The number of carbonyl (C=O) groups is 3. The summed E-state index contributed by atoms with van der Waals surface area (Å²) in [4.78, 5) is 38.6. The number of rotatable bonds is 4. The van der Waals surface area contributed by atoms with Crippen molar-refractivity contribution in [2.75, 3.05) is 10.6 Å². The van der Waals surface area contributed by atoms with Gasteiger partial charge in [-0.05, 0) is 67.1 Å². The molecule has 0 aliphatic carbocycles. The monoisotopic (exact) mass is 496 g/mol. The molecule has 178 valence electrons. The summed E-state index contributed by atoms with van der Waals surface area (Å²) >= 11 is 0. The lowest BCUT2D eigenvalue weighted by atomic mass is 10.0. The molecule has 0 saturated heterocycles. The third-order valence-electron chi connectivity index (χ3n) is 5.89. The zero-order valence-electron chi connectivity index (χ0n) is 19.1. The molecule has 7 nitrogen and oxygen atoms in total. The summed E-state index contributed by atoms with van der Waals surface area (Å²) in [5.41, 5.74) is 2.26. The van der Waals surface area contributed by atoms with E-state index in [1.807, 2.05) is 25.1 Å². The Bertz CT molecular complexity index is 1680. The predicted octanol–water partition coefficient (Wildman–Crippen LogP) is 4.88. The van der Waals surface area contributed by atoms with E-state index in [1.165, 1.54) is 30.3 Å². The molecule has 4 aromatic rings. The average molecular weight is 497 g/mol. The van der Waals surface area contributed by atoms with Crippen molar-refractivity contribution in [2.24, 2.45) is 0 Å². The second kappa shape index (κ2) is 8.90. The molecule has 0 spiro atoms. The van der Waals surface area contributed by atoms with Gasteiger partial charge in [-0.3, -0.25) is 14.4 Å². The van der Waals surface area contributed by atoms with E-state index in [0.717, 1.165) is 5.56 Å². The summed E-state index contributed by atoms with van der Waals surface area (Å²) in [6.07, 6.45) is 0. The smallest absolute Gasteiger partial charge is 0.257 e. The van der Waals surface area contributed by atoms with Gasteiger partial charge in [0.25, 0.3) is 11.8 Å². The highest BCUT2D eigenvalue weighted by molar-refractivity contribution is 7.91. The molecule has 0 aromatic heterocycles. The molecule has 0 fully saturated rings. The van der Waals surface area contributed by atoms with E-state index < -0.39 is 27.4 Å². The van der Waals surface area contributed by atoms with E-state index in [0.29, 0.717) is 5.69 Å². The number of hydrogen-bond acceptors (Lipinski definition) is 5. The lowest BCUT2D eigenvalue weighted by Gasteiger charge is -2.19. The molecule has 2 N–H and O–H groups in total. The summed E-state index contributed by atoms with van der Waals surface area (Å²) in [5.74, 6) is -1.44. The molecule has 1 aliphatic rings. The molecule has 1 aliphatic heterocycles. The van der Waals surface area contributed by atoms with E-state index in [-0.39, 0.29) is 37.7 Å². The summed E-state index contributed by atoms with van der Waals surface area (Å²) < 4.78 is 26.4. The molecule has 0 atom stereocenters. The third kappa shape index (κ3) is 4.08. The first kappa shape index (κ1) is 23.2. The standard InChI is InChI=1S/C28H20N2O5S/c1-17-7-6-8-19(15-17)29-28(33)20-9-2-4-11-23(20)30-27(32)18-13-14-22-25(16-18)36(34,35)24-12-5-3-10-21(24)26(22)31/h2-16H,1H3,(H,29,33)(H,30,32). The van der Waals surface area contributed by atoms with Crippen LogP contribution >= 0.6 is 0 Å². The van der Waals surface area contributed by atoms with Gasteiger partial charge in [0.2, 0.25) is 9.84 Å². The Balaban J connectivity index is 1.44. The molecule has 0 radical (unpaired) electrons. The van der Waals surface area contributed by atoms with Gasteiger partial charge >= 0.3 is 0 Å². The van der Waals surface area contributed by atoms with E-state index in [1.54, 1.807) is 42.5 Å². The molecule has 2 amide bonds. The number of hydrogen-bond donors (Lipinski definition) is 2. The Kier molecular flexibility index (Phi) is 5.74. The molecule has 8 heteroatoms. The number of carbonyl (C=O) groups excluding carboxylic acids is 3. The number of aryl methyl sites for hydroxylation is 1. The van der Waals surface area contributed by atoms with Gasteiger partial charge in [-0.15, -0.1) is 0 Å². The van der Waals surface area contributed by atoms with Crippen LogP contribution in [0.3, 0.4) is 0 Å². The molecule has 4 aromatic carbocycles. The van der Waals surface area contributed by atoms with Crippen LogP contribution in [0.25, 0.3) is 0 Å². The fraction of sp³-hybridized carbons (Fsp3) is 0.0357. The topological polar surface area (TPSA) is 109 Å². The first-order valence-electron chi connectivity index (χ1n) is 11.1. The molecule has 0 unspecified atom stereocenters. The Morgan fingerprint density at radius 1 is 0.694 bits per heavy atom. The lowest BCUT2D eigenvalue weighted by Crippen LogP contribution is -2.22. The molecular formula is C28H20N2O5S. The van der Waals surface area contributed by atoms with Gasteiger partial charge in [-0.2, -0.15) is 0 Å². The summed E-state index contributed by atoms with van der Waals surface area (Å²) in [7, 11) is -3.99.